The van der Waals surface area contributed by atoms with Gasteiger partial charge in [-0.25, -0.2) is 0 Å². The number of nitriles is 1. The quantitative estimate of drug-likeness (QED) is 0.770. The van der Waals surface area contributed by atoms with E-state index in [1.165, 1.54) is 0 Å². The zero-order valence-corrected chi connectivity index (χ0v) is 11.7. The van der Waals surface area contributed by atoms with Crippen LogP contribution in [0.1, 0.15) is 30.6 Å². The SMILES string of the molecule is CC(C)(C#N)CCOc1ccc2ccccc2c1C=O. The number of benzene rings is 2. The van der Waals surface area contributed by atoms with Gasteiger partial charge in [0.25, 0.3) is 0 Å². The van der Waals surface area contributed by atoms with Crippen LogP contribution in [0.5, 0.6) is 5.75 Å². The van der Waals surface area contributed by atoms with Gasteiger partial charge in [0.15, 0.2) is 6.29 Å². The number of ether oxygens (including phenoxy) is 1. The van der Waals surface area contributed by atoms with E-state index in [9.17, 15) is 4.79 Å². The molecular weight excluding hydrogens is 250 g/mol. The lowest BCUT2D eigenvalue weighted by molar-refractivity contribution is 0.112. The maximum absolute atomic E-state index is 11.3. The van der Waals surface area contributed by atoms with Crippen LogP contribution in [0.3, 0.4) is 0 Å². The zero-order valence-electron chi connectivity index (χ0n) is 11.7. The molecule has 0 N–H and O–H groups in total. The van der Waals surface area contributed by atoms with E-state index in [2.05, 4.69) is 6.07 Å². The van der Waals surface area contributed by atoms with Crippen LogP contribution >= 0.6 is 0 Å². The van der Waals surface area contributed by atoms with Crippen LogP contribution in [0.2, 0.25) is 0 Å². The number of aldehydes is 1. The number of carbonyl (C=O) groups excluding carboxylic acids is 1. The standard InChI is InChI=1S/C17H17NO2/c1-17(2,12-18)9-10-20-16-8-7-13-5-3-4-6-14(13)15(16)11-19/h3-8,11H,9-10H2,1-2H3. The van der Waals surface area contributed by atoms with Crippen LogP contribution in [0.25, 0.3) is 10.8 Å². The summed E-state index contributed by atoms with van der Waals surface area (Å²) in [5.41, 5.74) is 0.149. The van der Waals surface area contributed by atoms with Gasteiger partial charge in [-0.05, 0) is 37.1 Å². The maximum atomic E-state index is 11.3. The summed E-state index contributed by atoms with van der Waals surface area (Å²) < 4.78 is 5.69. The summed E-state index contributed by atoms with van der Waals surface area (Å²) in [5.74, 6) is 0.576. The second-order valence-electron chi connectivity index (χ2n) is 5.41. The molecule has 0 aliphatic carbocycles. The van der Waals surface area contributed by atoms with Gasteiger partial charge in [0.1, 0.15) is 5.75 Å². The van der Waals surface area contributed by atoms with Crippen molar-refractivity contribution in [2.24, 2.45) is 5.41 Å². The molecule has 20 heavy (non-hydrogen) atoms. The Hall–Kier alpha value is -2.34. The molecule has 0 unspecified atom stereocenters. The summed E-state index contributed by atoms with van der Waals surface area (Å²) >= 11 is 0. The monoisotopic (exact) mass is 267 g/mol. The lowest BCUT2D eigenvalue weighted by Gasteiger charge is -2.16. The molecule has 0 aliphatic heterocycles. The fraction of sp³-hybridized carbons (Fsp3) is 0.294. The molecule has 2 aromatic carbocycles. The van der Waals surface area contributed by atoms with E-state index in [0.717, 1.165) is 17.1 Å². The van der Waals surface area contributed by atoms with Crippen molar-refractivity contribution in [1.82, 2.24) is 0 Å². The Bertz CT molecular complexity index is 668. The number of hydrogen-bond donors (Lipinski definition) is 0. The van der Waals surface area contributed by atoms with Gasteiger partial charge in [-0.1, -0.05) is 30.3 Å². The van der Waals surface area contributed by atoms with Crippen LogP contribution < -0.4 is 4.74 Å². The van der Waals surface area contributed by atoms with E-state index in [1.807, 2.05) is 50.2 Å². The Morgan fingerprint density at radius 2 is 2.00 bits per heavy atom. The smallest absolute Gasteiger partial charge is 0.154 e. The van der Waals surface area contributed by atoms with E-state index < -0.39 is 5.41 Å². The molecule has 0 saturated heterocycles. The molecule has 3 heteroatoms. The minimum Gasteiger partial charge on any atom is -0.493 e. The Labute approximate surface area is 118 Å². The molecule has 2 rings (SSSR count). The molecule has 3 nitrogen and oxygen atoms in total. The predicted molar refractivity (Wildman–Crippen MR) is 78.8 cm³/mol. The summed E-state index contributed by atoms with van der Waals surface area (Å²) in [6.07, 6.45) is 1.45. The molecule has 102 valence electrons. The normalized spacial score (nSPS) is 11.1. The second-order valence-corrected chi connectivity index (χ2v) is 5.41. The summed E-state index contributed by atoms with van der Waals surface area (Å²) in [4.78, 5) is 11.3. The summed E-state index contributed by atoms with van der Waals surface area (Å²) in [7, 11) is 0. The molecular formula is C17H17NO2. The van der Waals surface area contributed by atoms with Crippen molar-refractivity contribution in [1.29, 1.82) is 5.26 Å². The first-order valence-electron chi connectivity index (χ1n) is 6.58. The van der Waals surface area contributed by atoms with Gasteiger partial charge in [0.05, 0.1) is 23.7 Å². The molecule has 0 bridgehead atoms. The largest absolute Gasteiger partial charge is 0.493 e. The first-order chi connectivity index (χ1) is 9.57. The highest BCUT2D eigenvalue weighted by Crippen LogP contribution is 2.27. The van der Waals surface area contributed by atoms with Crippen LogP contribution in [-0.2, 0) is 0 Å². The number of rotatable bonds is 5. The highest BCUT2D eigenvalue weighted by molar-refractivity contribution is 6.00. The topological polar surface area (TPSA) is 50.1 Å². The third kappa shape index (κ3) is 2.97. The Kier molecular flexibility index (Phi) is 4.05. The fourth-order valence-electron chi connectivity index (χ4n) is 2.00. The van der Waals surface area contributed by atoms with Crippen LogP contribution in [0.4, 0.5) is 0 Å². The number of hydrogen-bond acceptors (Lipinski definition) is 3. The van der Waals surface area contributed by atoms with Crippen LogP contribution in [0.15, 0.2) is 36.4 Å². The van der Waals surface area contributed by atoms with Gasteiger partial charge < -0.3 is 4.74 Å². The molecule has 0 heterocycles. The average Bonchev–Trinajstić information content (AvgIpc) is 2.46. The average molecular weight is 267 g/mol. The lowest BCUT2D eigenvalue weighted by atomic mass is 9.92. The van der Waals surface area contributed by atoms with Gasteiger partial charge >= 0.3 is 0 Å². The molecule has 0 atom stereocenters. The first kappa shape index (κ1) is 14.1. The molecule has 2 aromatic rings. The van der Waals surface area contributed by atoms with Crippen LogP contribution in [-0.4, -0.2) is 12.9 Å². The molecule has 0 fully saturated rings. The van der Waals surface area contributed by atoms with Gasteiger partial charge in [0.2, 0.25) is 0 Å². The highest BCUT2D eigenvalue weighted by Gasteiger charge is 2.17. The zero-order chi connectivity index (χ0) is 14.6. The minimum absolute atomic E-state index is 0.416. The Morgan fingerprint density at radius 1 is 1.25 bits per heavy atom. The van der Waals surface area contributed by atoms with E-state index in [4.69, 9.17) is 10.00 Å². The van der Waals surface area contributed by atoms with Crippen molar-refractivity contribution in [3.8, 4) is 11.8 Å². The Balaban J connectivity index is 2.23. The summed E-state index contributed by atoms with van der Waals surface area (Å²) in [6.45, 7) is 4.16. The van der Waals surface area contributed by atoms with Crippen molar-refractivity contribution in [3.63, 3.8) is 0 Å². The van der Waals surface area contributed by atoms with Crippen molar-refractivity contribution < 1.29 is 9.53 Å². The molecule has 0 radical (unpaired) electrons. The summed E-state index contributed by atoms with van der Waals surface area (Å²) in [6, 6.07) is 13.7. The highest BCUT2D eigenvalue weighted by atomic mass is 16.5. The van der Waals surface area contributed by atoms with E-state index in [0.29, 0.717) is 24.3 Å². The van der Waals surface area contributed by atoms with Gasteiger partial charge in [-0.2, -0.15) is 5.26 Å². The van der Waals surface area contributed by atoms with Gasteiger partial charge in [-0.3, -0.25) is 4.79 Å². The third-order valence-corrected chi connectivity index (χ3v) is 3.34. The minimum atomic E-state index is -0.418. The van der Waals surface area contributed by atoms with Crippen molar-refractivity contribution >= 4 is 17.1 Å². The van der Waals surface area contributed by atoms with E-state index in [1.54, 1.807) is 0 Å². The first-order valence-corrected chi connectivity index (χ1v) is 6.58. The number of fused-ring (bicyclic) bond motifs is 1. The van der Waals surface area contributed by atoms with Crippen molar-refractivity contribution in [2.75, 3.05) is 6.61 Å². The molecule has 0 aliphatic rings. The lowest BCUT2D eigenvalue weighted by Crippen LogP contribution is -2.13. The Morgan fingerprint density at radius 3 is 2.70 bits per heavy atom. The molecule has 0 spiro atoms. The van der Waals surface area contributed by atoms with Gasteiger partial charge in [0, 0.05) is 0 Å². The predicted octanol–water partition coefficient (Wildman–Crippen LogP) is 3.97. The number of carbonyl (C=O) groups is 1. The molecule has 0 amide bonds. The number of nitrogens with zero attached hydrogens (tertiary/aromatic N) is 1. The van der Waals surface area contributed by atoms with E-state index in [-0.39, 0.29) is 0 Å². The van der Waals surface area contributed by atoms with Crippen molar-refractivity contribution in [3.05, 3.63) is 42.0 Å². The molecule has 0 aromatic heterocycles. The summed E-state index contributed by atoms with van der Waals surface area (Å²) in [5, 5.41) is 10.9. The molecule has 0 saturated carbocycles. The van der Waals surface area contributed by atoms with Crippen LogP contribution in [0, 0.1) is 16.7 Å². The second kappa shape index (κ2) is 5.75. The third-order valence-electron chi connectivity index (χ3n) is 3.34. The maximum Gasteiger partial charge on any atom is 0.154 e. The fourth-order valence-corrected chi connectivity index (χ4v) is 2.00. The van der Waals surface area contributed by atoms with E-state index >= 15 is 0 Å². The van der Waals surface area contributed by atoms with Gasteiger partial charge in [-0.15, -0.1) is 0 Å². The van der Waals surface area contributed by atoms with Crippen molar-refractivity contribution in [2.45, 2.75) is 20.3 Å².